The van der Waals surface area contributed by atoms with Gasteiger partial charge in [-0.3, -0.25) is 0 Å². The number of rotatable bonds is 7. The van der Waals surface area contributed by atoms with E-state index in [1.165, 1.54) is 0 Å². The van der Waals surface area contributed by atoms with Crippen molar-refractivity contribution in [3.63, 3.8) is 0 Å². The molecule has 2 aromatic heterocycles. The van der Waals surface area contributed by atoms with Gasteiger partial charge in [0.05, 0.1) is 13.1 Å². The number of nitrogens with zero attached hydrogens (tertiary/aromatic N) is 6. The Hall–Kier alpha value is -1.76. The molecule has 0 aliphatic carbocycles. The molecule has 7 nitrogen and oxygen atoms in total. The molecule has 0 aromatic carbocycles. The summed E-state index contributed by atoms with van der Waals surface area (Å²) >= 11 is 0. The quantitative estimate of drug-likeness (QED) is 0.801. The van der Waals surface area contributed by atoms with Crippen LogP contribution in [0.2, 0.25) is 0 Å². The average molecular weight is 263 g/mol. The lowest BCUT2D eigenvalue weighted by Crippen LogP contribution is -2.20. The molecule has 0 amide bonds. The van der Waals surface area contributed by atoms with Crippen molar-refractivity contribution < 1.29 is 0 Å². The normalized spacial score (nSPS) is 11.4. The van der Waals surface area contributed by atoms with Crippen LogP contribution in [0.3, 0.4) is 0 Å². The number of hydrogen-bond acceptors (Lipinski definition) is 5. The van der Waals surface area contributed by atoms with Crippen molar-refractivity contribution in [1.82, 2.24) is 34.8 Å². The SMILES string of the molecule is CCn1cnnc1CNCc1ncnn1CC(C)C. The maximum Gasteiger partial charge on any atom is 0.146 e. The highest BCUT2D eigenvalue weighted by Gasteiger charge is 2.07. The molecule has 1 N–H and O–H groups in total. The van der Waals surface area contributed by atoms with E-state index in [0.29, 0.717) is 19.0 Å². The smallest absolute Gasteiger partial charge is 0.146 e. The van der Waals surface area contributed by atoms with Crippen molar-refractivity contribution in [1.29, 1.82) is 0 Å². The average Bonchev–Trinajstić information content (AvgIpc) is 2.98. The molecular weight excluding hydrogens is 242 g/mol. The van der Waals surface area contributed by atoms with Crippen LogP contribution in [0.1, 0.15) is 32.4 Å². The predicted octanol–water partition coefficient (Wildman–Crippen LogP) is 0.835. The Morgan fingerprint density at radius 3 is 2.79 bits per heavy atom. The lowest BCUT2D eigenvalue weighted by molar-refractivity contribution is 0.455. The van der Waals surface area contributed by atoms with E-state index in [1.807, 2.05) is 9.25 Å². The molecule has 0 fully saturated rings. The van der Waals surface area contributed by atoms with E-state index >= 15 is 0 Å². The van der Waals surface area contributed by atoms with Gasteiger partial charge in [-0.05, 0) is 12.8 Å². The topological polar surface area (TPSA) is 73.5 Å². The van der Waals surface area contributed by atoms with Crippen molar-refractivity contribution >= 4 is 0 Å². The Labute approximate surface area is 113 Å². The molecule has 0 saturated carbocycles. The van der Waals surface area contributed by atoms with Gasteiger partial charge < -0.3 is 9.88 Å². The van der Waals surface area contributed by atoms with Crippen molar-refractivity contribution in [3.8, 4) is 0 Å². The molecule has 2 aromatic rings. The Morgan fingerprint density at radius 1 is 1.26 bits per heavy atom. The second-order valence-electron chi connectivity index (χ2n) is 4.89. The van der Waals surface area contributed by atoms with Crippen LogP contribution in [0, 0.1) is 5.92 Å². The van der Waals surface area contributed by atoms with Gasteiger partial charge in [-0.1, -0.05) is 13.8 Å². The molecule has 0 atom stereocenters. The van der Waals surface area contributed by atoms with E-state index in [2.05, 4.69) is 46.4 Å². The van der Waals surface area contributed by atoms with E-state index in [1.54, 1.807) is 12.7 Å². The third-order valence-corrected chi connectivity index (χ3v) is 2.84. The largest absolute Gasteiger partial charge is 0.317 e. The highest BCUT2D eigenvalue weighted by molar-refractivity contribution is 4.88. The summed E-state index contributed by atoms with van der Waals surface area (Å²) in [6, 6.07) is 0. The summed E-state index contributed by atoms with van der Waals surface area (Å²) < 4.78 is 3.97. The summed E-state index contributed by atoms with van der Waals surface area (Å²) in [6.07, 6.45) is 3.35. The van der Waals surface area contributed by atoms with Crippen LogP contribution in [0.4, 0.5) is 0 Å². The van der Waals surface area contributed by atoms with E-state index in [0.717, 1.165) is 24.7 Å². The first-order valence-corrected chi connectivity index (χ1v) is 6.64. The molecule has 0 aliphatic rings. The highest BCUT2D eigenvalue weighted by Crippen LogP contribution is 2.01. The number of nitrogens with one attached hydrogen (secondary N) is 1. The summed E-state index contributed by atoms with van der Waals surface area (Å²) in [6.45, 7) is 9.55. The van der Waals surface area contributed by atoms with Gasteiger partial charge >= 0.3 is 0 Å². The van der Waals surface area contributed by atoms with E-state index in [-0.39, 0.29) is 0 Å². The fourth-order valence-electron chi connectivity index (χ4n) is 1.89. The molecule has 19 heavy (non-hydrogen) atoms. The van der Waals surface area contributed by atoms with Crippen LogP contribution in [0.25, 0.3) is 0 Å². The first-order valence-electron chi connectivity index (χ1n) is 6.64. The zero-order valence-electron chi connectivity index (χ0n) is 11.7. The van der Waals surface area contributed by atoms with Crippen LogP contribution in [-0.4, -0.2) is 29.5 Å². The van der Waals surface area contributed by atoms with Crippen LogP contribution in [0.15, 0.2) is 12.7 Å². The molecular formula is C12H21N7. The van der Waals surface area contributed by atoms with Gasteiger partial charge in [0.25, 0.3) is 0 Å². The van der Waals surface area contributed by atoms with E-state index < -0.39 is 0 Å². The summed E-state index contributed by atoms with van der Waals surface area (Å²) in [7, 11) is 0. The fourth-order valence-corrected chi connectivity index (χ4v) is 1.89. The first kappa shape index (κ1) is 13.7. The van der Waals surface area contributed by atoms with Crippen molar-refractivity contribution in [2.75, 3.05) is 0 Å². The van der Waals surface area contributed by atoms with Crippen LogP contribution in [-0.2, 0) is 26.2 Å². The van der Waals surface area contributed by atoms with Gasteiger partial charge in [-0.15, -0.1) is 10.2 Å². The summed E-state index contributed by atoms with van der Waals surface area (Å²) in [5.74, 6) is 2.46. The fraction of sp³-hybridized carbons (Fsp3) is 0.667. The van der Waals surface area contributed by atoms with Crippen LogP contribution < -0.4 is 5.32 Å². The number of aryl methyl sites for hydroxylation is 1. The van der Waals surface area contributed by atoms with Crippen molar-refractivity contribution in [2.45, 2.75) is 47.0 Å². The summed E-state index contributed by atoms with van der Waals surface area (Å²) in [4.78, 5) is 4.28. The zero-order valence-corrected chi connectivity index (χ0v) is 11.7. The van der Waals surface area contributed by atoms with Gasteiger partial charge in [0.15, 0.2) is 0 Å². The molecule has 0 spiro atoms. The highest BCUT2D eigenvalue weighted by atomic mass is 15.3. The molecule has 0 radical (unpaired) electrons. The minimum Gasteiger partial charge on any atom is -0.317 e. The van der Waals surface area contributed by atoms with Gasteiger partial charge in [-0.25, -0.2) is 9.67 Å². The Balaban J connectivity index is 1.87. The van der Waals surface area contributed by atoms with Crippen molar-refractivity contribution in [2.24, 2.45) is 5.92 Å². The summed E-state index contributed by atoms with van der Waals surface area (Å²) in [5.41, 5.74) is 0. The van der Waals surface area contributed by atoms with Crippen molar-refractivity contribution in [3.05, 3.63) is 24.3 Å². The maximum atomic E-state index is 4.28. The molecule has 2 heterocycles. The first-order chi connectivity index (χ1) is 9.20. The zero-order chi connectivity index (χ0) is 13.7. The lowest BCUT2D eigenvalue weighted by Gasteiger charge is -2.09. The molecule has 104 valence electrons. The minimum atomic E-state index is 0.559. The third-order valence-electron chi connectivity index (χ3n) is 2.84. The molecule has 0 bridgehead atoms. The Kier molecular flexibility index (Phi) is 4.62. The minimum absolute atomic E-state index is 0.559. The molecule has 0 aliphatic heterocycles. The molecule has 0 unspecified atom stereocenters. The number of hydrogen-bond donors (Lipinski definition) is 1. The molecule has 0 saturated heterocycles. The second kappa shape index (κ2) is 6.42. The monoisotopic (exact) mass is 263 g/mol. The Morgan fingerprint density at radius 2 is 2.05 bits per heavy atom. The number of aromatic nitrogens is 6. The van der Waals surface area contributed by atoms with Crippen LogP contribution in [0.5, 0.6) is 0 Å². The summed E-state index contributed by atoms with van der Waals surface area (Å²) in [5, 5.41) is 15.6. The molecule has 2 rings (SSSR count). The van der Waals surface area contributed by atoms with Gasteiger partial charge in [0.2, 0.25) is 0 Å². The standard InChI is InChI=1S/C12H21N7/c1-4-18-9-15-17-12(18)6-13-5-11-14-8-16-19(11)7-10(2)3/h8-10,13H,4-7H2,1-3H3. The van der Waals surface area contributed by atoms with Gasteiger partial charge in [0, 0.05) is 13.1 Å². The van der Waals surface area contributed by atoms with E-state index in [9.17, 15) is 0 Å². The predicted molar refractivity (Wildman–Crippen MR) is 71.1 cm³/mol. The van der Waals surface area contributed by atoms with E-state index in [4.69, 9.17) is 0 Å². The Bertz CT molecular complexity index is 500. The maximum absolute atomic E-state index is 4.28. The second-order valence-corrected chi connectivity index (χ2v) is 4.89. The lowest BCUT2D eigenvalue weighted by atomic mass is 10.2. The van der Waals surface area contributed by atoms with Gasteiger partial charge in [0.1, 0.15) is 24.3 Å². The third kappa shape index (κ3) is 3.60. The van der Waals surface area contributed by atoms with Crippen LogP contribution >= 0.6 is 0 Å². The van der Waals surface area contributed by atoms with Gasteiger partial charge in [-0.2, -0.15) is 5.10 Å². The molecule has 7 heteroatoms.